The molecular weight excluding hydrogens is 636 g/mol. The molecule has 236 valence electrons. The number of hydrogen-bond acceptors (Lipinski definition) is 4. The fraction of sp³-hybridized carbons (Fsp3) is 0.235. The minimum absolute atomic E-state index is 0.0455. The van der Waals surface area contributed by atoms with Crippen molar-refractivity contribution in [2.45, 2.75) is 50.7 Å². The molecule has 0 unspecified atom stereocenters. The Morgan fingerprint density at radius 1 is 0.889 bits per heavy atom. The van der Waals surface area contributed by atoms with E-state index in [4.69, 9.17) is 23.2 Å². The Morgan fingerprint density at radius 2 is 1.53 bits per heavy atom. The first kappa shape index (κ1) is 34.0. The molecule has 0 bridgehead atoms. The Labute approximate surface area is 273 Å². The summed E-state index contributed by atoms with van der Waals surface area (Å²) in [6.45, 7) is 4.66. The van der Waals surface area contributed by atoms with Gasteiger partial charge in [0.1, 0.15) is 18.4 Å². The van der Waals surface area contributed by atoms with Gasteiger partial charge in [-0.25, -0.2) is 12.8 Å². The van der Waals surface area contributed by atoms with Crippen molar-refractivity contribution in [1.29, 1.82) is 0 Å². The van der Waals surface area contributed by atoms with Crippen molar-refractivity contribution in [2.75, 3.05) is 10.8 Å². The van der Waals surface area contributed by atoms with E-state index in [-0.39, 0.29) is 34.6 Å². The van der Waals surface area contributed by atoms with Gasteiger partial charge in [0.2, 0.25) is 11.8 Å². The Bertz CT molecular complexity index is 1740. The van der Waals surface area contributed by atoms with Gasteiger partial charge in [0, 0.05) is 29.1 Å². The van der Waals surface area contributed by atoms with Gasteiger partial charge in [0.25, 0.3) is 10.0 Å². The van der Waals surface area contributed by atoms with Crippen LogP contribution in [-0.4, -0.2) is 43.8 Å². The lowest BCUT2D eigenvalue weighted by Gasteiger charge is -2.34. The van der Waals surface area contributed by atoms with Crippen molar-refractivity contribution in [3.63, 3.8) is 0 Å². The number of nitrogens with one attached hydrogen (secondary N) is 1. The van der Waals surface area contributed by atoms with Crippen LogP contribution in [0.25, 0.3) is 0 Å². The van der Waals surface area contributed by atoms with E-state index in [2.05, 4.69) is 5.32 Å². The number of benzene rings is 4. The molecule has 0 saturated heterocycles. The highest BCUT2D eigenvalue weighted by atomic mass is 35.5. The van der Waals surface area contributed by atoms with Crippen LogP contribution in [0.5, 0.6) is 0 Å². The summed E-state index contributed by atoms with van der Waals surface area (Å²) in [5.41, 5.74) is 2.24. The minimum Gasteiger partial charge on any atom is -0.352 e. The summed E-state index contributed by atoms with van der Waals surface area (Å²) in [6.07, 6.45) is 0.150. The largest absolute Gasteiger partial charge is 0.352 e. The number of halogens is 3. The number of nitrogens with zero attached hydrogens (tertiary/aromatic N) is 2. The van der Waals surface area contributed by atoms with E-state index in [1.807, 2.05) is 51.1 Å². The molecule has 0 aliphatic rings. The van der Waals surface area contributed by atoms with Gasteiger partial charge in [0.05, 0.1) is 10.6 Å². The van der Waals surface area contributed by atoms with Gasteiger partial charge in [0.15, 0.2) is 0 Å². The maximum Gasteiger partial charge on any atom is 0.264 e. The number of carbonyl (C=O) groups is 2. The monoisotopic (exact) mass is 669 g/mol. The van der Waals surface area contributed by atoms with Crippen molar-refractivity contribution in [1.82, 2.24) is 10.2 Å². The molecular formula is C34H34Cl2FN3O4S. The van der Waals surface area contributed by atoms with Gasteiger partial charge in [-0.3, -0.25) is 13.9 Å². The number of anilines is 1. The molecule has 45 heavy (non-hydrogen) atoms. The Balaban J connectivity index is 1.82. The fourth-order valence-electron chi connectivity index (χ4n) is 4.74. The summed E-state index contributed by atoms with van der Waals surface area (Å²) in [5, 5.41) is 3.58. The molecule has 0 heterocycles. The quantitative estimate of drug-likeness (QED) is 0.180. The van der Waals surface area contributed by atoms with Crippen LogP contribution in [0.2, 0.25) is 10.0 Å². The van der Waals surface area contributed by atoms with Crippen molar-refractivity contribution in [3.05, 3.63) is 130 Å². The molecule has 1 atom stereocenters. The minimum atomic E-state index is -4.30. The first-order chi connectivity index (χ1) is 21.3. The Morgan fingerprint density at radius 3 is 2.13 bits per heavy atom. The van der Waals surface area contributed by atoms with Crippen molar-refractivity contribution >= 4 is 50.7 Å². The third-order valence-electron chi connectivity index (χ3n) is 7.06. The summed E-state index contributed by atoms with van der Waals surface area (Å²) in [4.78, 5) is 29.5. The van der Waals surface area contributed by atoms with E-state index in [0.29, 0.717) is 10.6 Å². The van der Waals surface area contributed by atoms with Crippen LogP contribution in [0.3, 0.4) is 0 Å². The van der Waals surface area contributed by atoms with Gasteiger partial charge in [-0.15, -0.1) is 0 Å². The van der Waals surface area contributed by atoms with Crippen LogP contribution in [0, 0.1) is 12.7 Å². The first-order valence-electron chi connectivity index (χ1n) is 14.3. The van der Waals surface area contributed by atoms with Crippen LogP contribution in [-0.2, 0) is 32.6 Å². The van der Waals surface area contributed by atoms with E-state index in [9.17, 15) is 22.4 Å². The number of aryl methyl sites for hydroxylation is 1. The molecule has 2 amide bonds. The maximum atomic E-state index is 14.4. The van der Waals surface area contributed by atoms with Crippen molar-refractivity contribution in [2.24, 2.45) is 0 Å². The molecule has 7 nitrogen and oxygen atoms in total. The molecule has 4 aromatic rings. The normalized spacial score (nSPS) is 12.1. The second-order valence-corrected chi connectivity index (χ2v) is 13.6. The SMILES string of the molecule is Cc1ccc(S(=O)(=O)N(CC(=O)N(Cc2ccc(Cl)cc2Cl)[C@@H](Cc2ccccc2)C(=O)NC(C)C)c2ccc(F)cc2)cc1. The third-order valence-corrected chi connectivity index (χ3v) is 9.44. The predicted octanol–water partition coefficient (Wildman–Crippen LogP) is 6.80. The lowest BCUT2D eigenvalue weighted by Crippen LogP contribution is -2.54. The van der Waals surface area contributed by atoms with Crippen LogP contribution < -0.4 is 9.62 Å². The van der Waals surface area contributed by atoms with Crippen LogP contribution in [0.4, 0.5) is 10.1 Å². The molecule has 0 aromatic heterocycles. The average molecular weight is 671 g/mol. The second kappa shape index (κ2) is 14.9. The molecule has 0 spiro atoms. The topological polar surface area (TPSA) is 86.8 Å². The van der Waals surface area contributed by atoms with E-state index in [1.54, 1.807) is 24.3 Å². The number of sulfonamides is 1. The number of hydrogen-bond donors (Lipinski definition) is 1. The van der Waals surface area contributed by atoms with Crippen molar-refractivity contribution < 1.29 is 22.4 Å². The highest BCUT2D eigenvalue weighted by molar-refractivity contribution is 7.92. The highest BCUT2D eigenvalue weighted by Crippen LogP contribution is 2.27. The lowest BCUT2D eigenvalue weighted by atomic mass is 10.0. The fourth-order valence-corrected chi connectivity index (χ4v) is 6.62. The third kappa shape index (κ3) is 8.84. The summed E-state index contributed by atoms with van der Waals surface area (Å²) in [5.74, 6) is -1.65. The average Bonchev–Trinajstić information content (AvgIpc) is 2.99. The van der Waals surface area contributed by atoms with Crippen LogP contribution in [0.15, 0.2) is 102 Å². The summed E-state index contributed by atoms with van der Waals surface area (Å²) in [7, 11) is -4.30. The maximum absolute atomic E-state index is 14.4. The van der Waals surface area contributed by atoms with Gasteiger partial charge in [-0.1, -0.05) is 77.3 Å². The van der Waals surface area contributed by atoms with Gasteiger partial charge in [-0.2, -0.15) is 0 Å². The van der Waals surface area contributed by atoms with E-state index < -0.39 is 40.2 Å². The molecule has 0 saturated carbocycles. The standard InChI is InChI=1S/C34H34Cl2FN3O4S/c1-23(2)38-34(42)32(19-25-7-5-4-6-8-25)39(21-26-11-12-27(35)20-31(26)36)33(41)22-40(29-15-13-28(37)14-16-29)45(43,44)30-17-9-24(3)10-18-30/h4-18,20,23,32H,19,21-22H2,1-3H3,(H,38,42)/t32-/m0/s1. The van der Waals surface area contributed by atoms with Gasteiger partial charge in [-0.05, 0) is 80.4 Å². The van der Waals surface area contributed by atoms with Crippen molar-refractivity contribution in [3.8, 4) is 0 Å². The predicted molar refractivity (Wildman–Crippen MR) is 176 cm³/mol. The number of rotatable bonds is 12. The molecule has 11 heteroatoms. The molecule has 0 aliphatic carbocycles. The van der Waals surface area contributed by atoms with Crippen LogP contribution in [0.1, 0.15) is 30.5 Å². The van der Waals surface area contributed by atoms with Gasteiger partial charge >= 0.3 is 0 Å². The molecule has 0 aliphatic heterocycles. The summed E-state index contributed by atoms with van der Waals surface area (Å²) >= 11 is 12.7. The lowest BCUT2D eigenvalue weighted by molar-refractivity contribution is -0.140. The number of carbonyl (C=O) groups excluding carboxylic acids is 2. The zero-order valence-corrected chi connectivity index (χ0v) is 27.4. The van der Waals surface area contributed by atoms with Crippen LogP contribution >= 0.6 is 23.2 Å². The molecule has 1 N–H and O–H groups in total. The van der Waals surface area contributed by atoms with E-state index in [0.717, 1.165) is 27.6 Å². The summed E-state index contributed by atoms with van der Waals surface area (Å²) in [6, 6.07) is 23.8. The molecule has 4 rings (SSSR count). The van der Waals surface area contributed by atoms with Gasteiger partial charge < -0.3 is 10.2 Å². The number of amides is 2. The molecule has 0 fully saturated rings. The molecule has 0 radical (unpaired) electrons. The molecule has 4 aromatic carbocycles. The smallest absolute Gasteiger partial charge is 0.264 e. The zero-order chi connectivity index (χ0) is 32.7. The summed E-state index contributed by atoms with van der Waals surface area (Å²) < 4.78 is 42.9. The Kier molecular flexibility index (Phi) is 11.3. The highest BCUT2D eigenvalue weighted by Gasteiger charge is 2.35. The first-order valence-corrected chi connectivity index (χ1v) is 16.5. The zero-order valence-electron chi connectivity index (χ0n) is 25.1. The Hall–Kier alpha value is -3.92. The second-order valence-electron chi connectivity index (χ2n) is 10.9. The van der Waals surface area contributed by atoms with E-state index in [1.165, 1.54) is 35.2 Å². The van der Waals surface area contributed by atoms with E-state index >= 15 is 0 Å².